The maximum absolute atomic E-state index is 13.9. The summed E-state index contributed by atoms with van der Waals surface area (Å²) in [6.45, 7) is 4.77. The third-order valence-electron chi connectivity index (χ3n) is 7.30. The summed E-state index contributed by atoms with van der Waals surface area (Å²) in [4.78, 5) is 15.8. The molecule has 0 spiro atoms. The van der Waals surface area contributed by atoms with Crippen LogP contribution in [0.2, 0.25) is 0 Å². The second-order valence-electron chi connectivity index (χ2n) is 9.31. The van der Waals surface area contributed by atoms with Gasteiger partial charge in [-0.25, -0.2) is 0 Å². The van der Waals surface area contributed by atoms with Crippen LogP contribution in [0, 0.1) is 12.8 Å². The molecule has 4 nitrogen and oxygen atoms in total. The van der Waals surface area contributed by atoms with E-state index < -0.39 is 5.72 Å². The number of piperidine rings is 1. The smallest absolute Gasteiger partial charge is 0.257 e. The fourth-order valence-corrected chi connectivity index (χ4v) is 5.87. The van der Waals surface area contributed by atoms with E-state index in [1.54, 1.807) is 6.08 Å². The van der Waals surface area contributed by atoms with Crippen LogP contribution in [0.5, 0.6) is 5.75 Å². The van der Waals surface area contributed by atoms with E-state index in [1.165, 1.54) is 5.56 Å². The van der Waals surface area contributed by atoms with Crippen molar-refractivity contribution < 1.29 is 14.6 Å². The molecule has 1 N–H and O–H groups in total. The lowest BCUT2D eigenvalue weighted by Gasteiger charge is -2.59. The summed E-state index contributed by atoms with van der Waals surface area (Å²) in [7, 11) is 0. The van der Waals surface area contributed by atoms with Crippen LogP contribution in [-0.2, 0) is 4.79 Å². The molecule has 1 saturated carbocycles. The van der Waals surface area contributed by atoms with E-state index in [0.717, 1.165) is 49.0 Å². The Labute approximate surface area is 190 Å². The molecular weight excluding hydrogens is 398 g/mol. The van der Waals surface area contributed by atoms with Gasteiger partial charge in [-0.1, -0.05) is 67.4 Å². The Hall–Kier alpha value is -3.01. The van der Waals surface area contributed by atoms with E-state index in [2.05, 4.69) is 19.9 Å². The minimum absolute atomic E-state index is 0.0672. The highest BCUT2D eigenvalue weighted by atomic mass is 16.5. The summed E-state index contributed by atoms with van der Waals surface area (Å²) in [6, 6.07) is 16.2. The van der Waals surface area contributed by atoms with Gasteiger partial charge in [0.1, 0.15) is 11.5 Å². The molecule has 2 aliphatic heterocycles. The average molecular weight is 430 g/mol. The number of benzene rings is 2. The number of para-hydroxylation sites is 1. The molecule has 2 aromatic carbocycles. The molecule has 32 heavy (non-hydrogen) atoms. The molecule has 1 amide bonds. The van der Waals surface area contributed by atoms with E-state index in [9.17, 15) is 9.90 Å². The maximum atomic E-state index is 13.9. The number of aliphatic hydroxyl groups is 1. The first-order chi connectivity index (χ1) is 15.5. The van der Waals surface area contributed by atoms with E-state index in [0.29, 0.717) is 12.1 Å². The number of ether oxygens (including phenoxy) is 1. The lowest BCUT2D eigenvalue weighted by molar-refractivity contribution is -0.189. The van der Waals surface area contributed by atoms with Crippen molar-refractivity contribution in [2.24, 2.45) is 5.92 Å². The highest BCUT2D eigenvalue weighted by Gasteiger charge is 2.61. The Kier molecular flexibility index (Phi) is 5.32. The van der Waals surface area contributed by atoms with Crippen molar-refractivity contribution in [3.8, 4) is 5.75 Å². The largest absolute Gasteiger partial charge is 0.507 e. The van der Waals surface area contributed by atoms with Gasteiger partial charge in [0.2, 0.25) is 0 Å². The molecule has 2 fully saturated rings. The van der Waals surface area contributed by atoms with Crippen molar-refractivity contribution in [1.82, 2.24) is 4.90 Å². The molecule has 2 heterocycles. The van der Waals surface area contributed by atoms with E-state index in [1.807, 2.05) is 53.4 Å². The van der Waals surface area contributed by atoms with Gasteiger partial charge >= 0.3 is 0 Å². The Balaban J connectivity index is 1.66. The van der Waals surface area contributed by atoms with Gasteiger partial charge in [0.05, 0.1) is 5.57 Å². The Morgan fingerprint density at radius 1 is 1.19 bits per heavy atom. The monoisotopic (exact) mass is 429 g/mol. The van der Waals surface area contributed by atoms with E-state index in [4.69, 9.17) is 4.74 Å². The molecule has 1 saturated heterocycles. The lowest BCUT2D eigenvalue weighted by atomic mass is 9.63. The van der Waals surface area contributed by atoms with Crippen LogP contribution in [0.4, 0.5) is 0 Å². The fourth-order valence-electron chi connectivity index (χ4n) is 5.87. The number of amides is 1. The average Bonchev–Trinajstić information content (AvgIpc) is 2.81. The third-order valence-corrected chi connectivity index (χ3v) is 7.30. The van der Waals surface area contributed by atoms with E-state index in [-0.39, 0.29) is 23.5 Å². The van der Waals surface area contributed by atoms with Crippen LogP contribution >= 0.6 is 0 Å². The number of allylic oxidation sites excluding steroid dienone is 1. The molecule has 3 atom stereocenters. The molecule has 5 rings (SSSR count). The Morgan fingerprint density at radius 3 is 2.75 bits per heavy atom. The number of aliphatic hydroxyl groups excluding tert-OH is 1. The zero-order valence-electron chi connectivity index (χ0n) is 18.9. The van der Waals surface area contributed by atoms with Gasteiger partial charge in [-0.15, -0.1) is 0 Å². The molecule has 0 aromatic heterocycles. The standard InChI is InChI=1S/C28H31NO3/c1-3-18-29-27(31)26(23(30)16-15-20-13-11-19(2)12-14-20)25-21-8-4-5-10-24(21)32-28(29)17-7-6-9-22(25)28/h4-5,8,10-16,22,25,30H,3,6-7,9,17-18H2,1-2H3/b16-15+,26-23-. The zero-order chi connectivity index (χ0) is 22.3. The molecular formula is C28H31NO3. The normalized spacial score (nSPS) is 28.2. The highest BCUT2D eigenvalue weighted by Crippen LogP contribution is 2.58. The summed E-state index contributed by atoms with van der Waals surface area (Å²) < 4.78 is 6.68. The van der Waals surface area contributed by atoms with Crippen molar-refractivity contribution in [2.45, 2.75) is 57.6 Å². The number of likely N-dealkylation sites (tertiary alicyclic amines) is 1. The third kappa shape index (κ3) is 3.24. The molecule has 2 aromatic rings. The van der Waals surface area contributed by atoms with Crippen molar-refractivity contribution >= 4 is 12.0 Å². The van der Waals surface area contributed by atoms with Gasteiger partial charge in [0.25, 0.3) is 5.91 Å². The number of hydrogen-bond donors (Lipinski definition) is 1. The van der Waals surface area contributed by atoms with Crippen LogP contribution in [0.15, 0.2) is 65.9 Å². The first-order valence-corrected chi connectivity index (χ1v) is 11.8. The summed E-state index contributed by atoms with van der Waals surface area (Å²) in [5, 5.41) is 11.3. The number of carbonyl (C=O) groups is 1. The number of nitrogens with zero attached hydrogens (tertiary/aromatic N) is 1. The summed E-state index contributed by atoms with van der Waals surface area (Å²) >= 11 is 0. The number of rotatable bonds is 4. The van der Waals surface area contributed by atoms with Gasteiger partial charge in [0, 0.05) is 30.4 Å². The van der Waals surface area contributed by atoms with Gasteiger partial charge < -0.3 is 14.7 Å². The molecule has 2 bridgehead atoms. The highest BCUT2D eigenvalue weighted by molar-refractivity contribution is 5.98. The van der Waals surface area contributed by atoms with Crippen LogP contribution in [0.3, 0.4) is 0 Å². The van der Waals surface area contributed by atoms with Gasteiger partial charge in [-0.2, -0.15) is 0 Å². The Bertz CT molecular complexity index is 1080. The van der Waals surface area contributed by atoms with Gasteiger partial charge in [-0.05, 0) is 43.9 Å². The van der Waals surface area contributed by atoms with Crippen LogP contribution in [0.25, 0.3) is 6.08 Å². The topological polar surface area (TPSA) is 49.8 Å². The minimum Gasteiger partial charge on any atom is -0.507 e. The lowest BCUT2D eigenvalue weighted by Crippen LogP contribution is -2.68. The fraction of sp³-hybridized carbons (Fsp3) is 0.393. The second-order valence-corrected chi connectivity index (χ2v) is 9.31. The predicted octanol–water partition coefficient (Wildman–Crippen LogP) is 6.14. The van der Waals surface area contributed by atoms with Gasteiger partial charge in [-0.3, -0.25) is 4.79 Å². The molecule has 3 aliphatic rings. The summed E-state index contributed by atoms with van der Waals surface area (Å²) in [5.41, 5.74) is 3.12. The minimum atomic E-state index is -0.602. The first-order valence-electron chi connectivity index (χ1n) is 11.8. The zero-order valence-corrected chi connectivity index (χ0v) is 18.9. The van der Waals surface area contributed by atoms with Crippen molar-refractivity contribution in [1.29, 1.82) is 0 Å². The van der Waals surface area contributed by atoms with E-state index >= 15 is 0 Å². The van der Waals surface area contributed by atoms with Crippen LogP contribution in [-0.4, -0.2) is 28.2 Å². The Morgan fingerprint density at radius 2 is 1.97 bits per heavy atom. The number of hydrogen-bond acceptors (Lipinski definition) is 3. The first kappa shape index (κ1) is 20.9. The SMILES string of the molecule is CCCN1C(=O)/C(=C(O)/C=C/c2ccc(C)cc2)C2c3ccccc3OC13CCCCC23. The van der Waals surface area contributed by atoms with Crippen molar-refractivity contribution in [3.63, 3.8) is 0 Å². The quantitative estimate of drug-likeness (QED) is 0.469. The second kappa shape index (κ2) is 8.16. The van der Waals surface area contributed by atoms with Crippen LogP contribution in [0.1, 0.15) is 61.6 Å². The van der Waals surface area contributed by atoms with Gasteiger partial charge in [0.15, 0.2) is 5.72 Å². The summed E-state index contributed by atoms with van der Waals surface area (Å²) in [5.74, 6) is 0.828. The van der Waals surface area contributed by atoms with Crippen LogP contribution < -0.4 is 4.74 Å². The number of fused-ring (bicyclic) bond motifs is 2. The maximum Gasteiger partial charge on any atom is 0.257 e. The van der Waals surface area contributed by atoms with Crippen molar-refractivity contribution in [2.75, 3.05) is 6.54 Å². The van der Waals surface area contributed by atoms with Crippen molar-refractivity contribution in [3.05, 3.63) is 82.6 Å². The molecule has 3 unspecified atom stereocenters. The molecule has 4 heteroatoms. The number of aryl methyl sites for hydroxylation is 1. The molecule has 166 valence electrons. The molecule has 1 aliphatic carbocycles. The summed E-state index contributed by atoms with van der Waals surface area (Å²) in [6.07, 6.45) is 8.44. The number of carbonyl (C=O) groups excluding carboxylic acids is 1. The molecule has 0 radical (unpaired) electrons. The predicted molar refractivity (Wildman–Crippen MR) is 126 cm³/mol.